The smallest absolute Gasteiger partial charge is 0.341 e. The van der Waals surface area contributed by atoms with E-state index in [-0.39, 0.29) is 57.0 Å². The first-order valence-electron chi connectivity index (χ1n) is 41.3. The summed E-state index contributed by atoms with van der Waals surface area (Å²) in [5, 5.41) is 8.26. The van der Waals surface area contributed by atoms with E-state index in [9.17, 15) is 55.1 Å². The molecular weight excluding hydrogens is 2020 g/mol. The minimum absolute atomic E-state index is 0.00861. The number of fused-ring (bicyclic) bond motifs is 8. The summed E-state index contributed by atoms with van der Waals surface area (Å²) in [6, 6.07) is 46.8. The number of rotatable bonds is 14. The Kier molecular flexibility index (Phi) is 31.8. The fraction of sp³-hybridized carbons (Fsp3) is 0.152. The highest BCUT2D eigenvalue weighted by molar-refractivity contribution is 9.11. The Morgan fingerprint density at radius 1 is 0.434 bits per heavy atom. The van der Waals surface area contributed by atoms with Gasteiger partial charge in [0.1, 0.15) is 94.4 Å². The summed E-state index contributed by atoms with van der Waals surface area (Å²) in [5.41, 5.74) is 19.2. The second-order valence-corrected chi connectivity index (χ2v) is 33.7. The standard InChI is InChI=1S/C22H17FN4O2.C16H13BrFNO2.2C14H9FN4O.C9H7Br2FO2.C9H8BrFO2.C8H11NO.C7H6N2/c1-29-18-4-2-14(3-5-18)11-26-12-16-8-17(9-19(23)20(16)22(26)28)27-7-6-15-10-24-13-25-21(15)27;1-21-13-4-2-10(3-5-13)8-19-9-11-6-12(17)7-14(18)15(11)16(19)20;2*15-11-4-10(3-9-6-17-14(20)12(9)11)19-2-1-8-5-16-7-18-13(8)19;1-14-9(13)8-5(4-10)2-6(11)3-7(8)12;1-5-3-6(10)4-7(11)8(5)9(12)13-2;1-10-8-4-2-7(6-9)3-5-8;1-2-6-4-8-5-9-7(6)3-1/h2-10,13H,11-12H2,1H3;2-7H,8-9H2,1H3;2*1-5,7H,6H2,(H,17,20);2-3H,4H2,1H3;3-4H,1-2H3;2-5H,6,9H2,1H3;1-2,4-5H,3H2. The largest absolute Gasteiger partial charge is 0.497 e. The number of allylic oxidation sites excluding steroid dienone is 1. The van der Waals surface area contributed by atoms with Crippen LogP contribution in [0.5, 0.6) is 17.2 Å². The van der Waals surface area contributed by atoms with Gasteiger partial charge in [0.25, 0.3) is 23.6 Å². The molecule has 11 heterocycles. The zero-order valence-corrected chi connectivity index (χ0v) is 79.5. The number of benzene rings is 9. The molecule has 0 saturated carbocycles. The highest BCUT2D eigenvalue weighted by Crippen LogP contribution is 2.36. The molecular formula is C99H80Br4F6N16O11. The van der Waals surface area contributed by atoms with Crippen molar-refractivity contribution in [3.05, 3.63) is 382 Å². The van der Waals surface area contributed by atoms with Crippen LogP contribution in [0.3, 0.4) is 0 Å². The van der Waals surface area contributed by atoms with E-state index in [1.165, 1.54) is 69.6 Å². The summed E-state index contributed by atoms with van der Waals surface area (Å²) < 4.78 is 115. The number of aromatic nitrogens is 11. The van der Waals surface area contributed by atoms with Crippen molar-refractivity contribution in [2.75, 3.05) is 35.5 Å². The molecule has 5 aliphatic rings. The van der Waals surface area contributed by atoms with E-state index in [1.807, 2.05) is 122 Å². The summed E-state index contributed by atoms with van der Waals surface area (Å²) in [6.07, 6.45) is 23.5. The number of esters is 2. The van der Waals surface area contributed by atoms with Gasteiger partial charge in [-0.2, -0.15) is 0 Å². The average molecular weight is 2100 g/mol. The first-order valence-corrected chi connectivity index (χ1v) is 44.8. The molecule has 0 atom stereocenters. The van der Waals surface area contributed by atoms with Crippen molar-refractivity contribution in [1.82, 2.24) is 74.0 Å². The summed E-state index contributed by atoms with van der Waals surface area (Å²) in [4.78, 5) is 106. The summed E-state index contributed by atoms with van der Waals surface area (Å²) in [7, 11) is 7.31. The lowest BCUT2D eigenvalue weighted by molar-refractivity contribution is 0.0585. The number of carbonyl (C=O) groups excluding carboxylic acids is 6. The molecule has 0 saturated heterocycles. The van der Waals surface area contributed by atoms with E-state index in [0.717, 1.165) is 73.3 Å². The van der Waals surface area contributed by atoms with Crippen molar-refractivity contribution in [3.8, 4) is 34.3 Å². The summed E-state index contributed by atoms with van der Waals surface area (Å²) >= 11 is 12.7. The molecule has 0 bridgehead atoms. The minimum Gasteiger partial charge on any atom is -0.497 e. The van der Waals surface area contributed by atoms with E-state index in [1.54, 1.807) is 107 Å². The second-order valence-electron chi connectivity index (χ2n) is 30.4. The summed E-state index contributed by atoms with van der Waals surface area (Å²) in [5.74, 6) is -3.35. The molecule has 0 radical (unpaired) electrons. The maximum atomic E-state index is 14.9. The zero-order valence-electron chi connectivity index (χ0n) is 73.1. The van der Waals surface area contributed by atoms with Crippen molar-refractivity contribution in [2.45, 2.75) is 64.5 Å². The molecule has 4 N–H and O–H groups in total. The van der Waals surface area contributed by atoms with Gasteiger partial charge in [0.15, 0.2) is 0 Å². The number of carbonyl (C=O) groups is 6. The third-order valence-electron chi connectivity index (χ3n) is 21.8. The van der Waals surface area contributed by atoms with Crippen LogP contribution >= 0.6 is 63.7 Å². The van der Waals surface area contributed by atoms with Gasteiger partial charge in [0.2, 0.25) is 0 Å². The van der Waals surface area contributed by atoms with Gasteiger partial charge in [0.05, 0.1) is 91.7 Å². The van der Waals surface area contributed by atoms with Crippen LogP contribution in [-0.4, -0.2) is 134 Å². The number of ether oxygens (including phenoxy) is 5. The molecule has 7 aromatic heterocycles. The molecule has 4 aliphatic heterocycles. The average Bonchev–Trinajstić information content (AvgIpc) is 1.61. The summed E-state index contributed by atoms with van der Waals surface area (Å²) in [6.45, 7) is 4.60. The molecule has 21 rings (SSSR count). The Labute approximate surface area is 807 Å². The van der Waals surface area contributed by atoms with Crippen molar-refractivity contribution in [1.29, 1.82) is 0 Å². The van der Waals surface area contributed by atoms with Gasteiger partial charge in [-0.1, -0.05) is 112 Å². The third kappa shape index (κ3) is 22.5. The highest BCUT2D eigenvalue weighted by atomic mass is 79.9. The van der Waals surface area contributed by atoms with Crippen molar-refractivity contribution < 1.29 is 78.8 Å². The first-order chi connectivity index (χ1) is 65.7. The van der Waals surface area contributed by atoms with Crippen LogP contribution in [0, 0.1) is 41.8 Å². The Hall–Kier alpha value is -14.7. The SMILES string of the molecule is C1=Cc2cncnc2C1.COC(=O)c1c(C)cc(Br)cc1F.COC(=O)c1c(F)cc(Br)cc1CBr.COc1ccc(CN)cc1.COc1ccc(CN2Cc3cc(-n4ccc5cncnc54)cc(F)c3C2=O)cc1.COc1ccc(CN2Cc3cc(Br)cc(F)c3C2=O)cc1.O=C1NCc2cc(-n3ccc4cncnc43)cc(F)c21.O=C1NCc2cc(-n3ccc4cncnc43)cc(F)c21. The fourth-order valence-corrected chi connectivity index (χ4v) is 17.1. The maximum absolute atomic E-state index is 14.9. The Morgan fingerprint density at radius 3 is 1.23 bits per heavy atom. The monoisotopic (exact) mass is 2100 g/mol. The van der Waals surface area contributed by atoms with E-state index in [0.29, 0.717) is 126 Å². The van der Waals surface area contributed by atoms with Crippen LogP contribution < -0.4 is 30.6 Å². The van der Waals surface area contributed by atoms with Gasteiger partial charge in [-0.25, -0.2) is 75.8 Å². The Bertz CT molecular complexity index is 7050. The minimum atomic E-state index is -0.663. The van der Waals surface area contributed by atoms with Crippen LogP contribution in [0.15, 0.2) is 252 Å². The number of aryl methyl sites for hydroxylation is 1. The van der Waals surface area contributed by atoms with Gasteiger partial charge in [0, 0.05) is 136 Å². The van der Waals surface area contributed by atoms with Crippen LogP contribution in [0.1, 0.15) is 123 Å². The van der Waals surface area contributed by atoms with Gasteiger partial charge < -0.3 is 63.6 Å². The van der Waals surface area contributed by atoms with E-state index in [2.05, 4.69) is 136 Å². The van der Waals surface area contributed by atoms with Crippen molar-refractivity contribution in [2.24, 2.45) is 5.73 Å². The van der Waals surface area contributed by atoms with E-state index in [4.69, 9.17) is 19.9 Å². The molecule has 0 unspecified atom stereocenters. The molecule has 16 aromatic rings. The number of nitrogens with two attached hydrogens (primary N) is 1. The number of hydrogen-bond acceptors (Lipinski definition) is 20. The molecule has 136 heavy (non-hydrogen) atoms. The van der Waals surface area contributed by atoms with Crippen LogP contribution in [0.4, 0.5) is 26.3 Å². The zero-order chi connectivity index (χ0) is 96.5. The van der Waals surface area contributed by atoms with Crippen LogP contribution in [-0.2, 0) is 67.0 Å². The molecule has 692 valence electrons. The topological polar surface area (TPSA) is 323 Å². The molecule has 0 fully saturated rings. The van der Waals surface area contributed by atoms with Gasteiger partial charge in [-0.3, -0.25) is 19.2 Å². The lowest BCUT2D eigenvalue weighted by atomic mass is 10.1. The predicted octanol–water partition coefficient (Wildman–Crippen LogP) is 19.2. The third-order valence-corrected chi connectivity index (χ3v) is 23.7. The quantitative estimate of drug-likeness (QED) is 0.0517. The molecule has 9 aromatic carbocycles. The number of amides is 4. The lowest BCUT2D eigenvalue weighted by Gasteiger charge is -2.15. The molecule has 0 spiro atoms. The number of methoxy groups -OCH3 is 5. The number of nitrogens with zero attached hydrogens (tertiary/aromatic N) is 13. The van der Waals surface area contributed by atoms with Crippen LogP contribution in [0.25, 0.3) is 56.2 Å². The fourth-order valence-electron chi connectivity index (χ4n) is 15.2. The van der Waals surface area contributed by atoms with Crippen molar-refractivity contribution in [3.63, 3.8) is 0 Å². The number of nitrogens with one attached hydrogen (secondary N) is 2. The highest BCUT2D eigenvalue weighted by Gasteiger charge is 2.34. The molecule has 37 heteroatoms. The number of halogens is 10. The van der Waals surface area contributed by atoms with Gasteiger partial charge >= 0.3 is 11.9 Å². The Balaban J connectivity index is 0.000000127. The van der Waals surface area contributed by atoms with Crippen molar-refractivity contribution >= 4 is 138 Å². The van der Waals surface area contributed by atoms with Gasteiger partial charge in [-0.15, -0.1) is 0 Å². The number of alkyl halides is 1. The van der Waals surface area contributed by atoms with Gasteiger partial charge in [-0.05, 0) is 184 Å². The second kappa shape index (κ2) is 44.5. The lowest BCUT2D eigenvalue weighted by Crippen LogP contribution is -2.23. The predicted molar refractivity (Wildman–Crippen MR) is 510 cm³/mol. The van der Waals surface area contributed by atoms with Crippen LogP contribution in [0.2, 0.25) is 0 Å². The normalized spacial score (nSPS) is 12.4. The Morgan fingerprint density at radius 2 is 0.809 bits per heavy atom. The molecule has 27 nitrogen and oxygen atoms in total. The number of hydrogen-bond donors (Lipinski definition) is 3. The van der Waals surface area contributed by atoms with E-state index < -0.39 is 46.8 Å². The van der Waals surface area contributed by atoms with E-state index >= 15 is 0 Å². The molecule has 4 amide bonds. The molecule has 1 aliphatic carbocycles. The maximum Gasteiger partial charge on any atom is 0.341 e. The first kappa shape index (κ1) is 97.4.